The number of benzene rings is 1. The number of thioether (sulfide) groups is 1. The number of fused-ring (bicyclic) bond motifs is 3. The predicted molar refractivity (Wildman–Crippen MR) is 87.0 cm³/mol. The molecule has 3 rings (SSSR count). The summed E-state index contributed by atoms with van der Waals surface area (Å²) in [6, 6.07) is 8.13. The summed E-state index contributed by atoms with van der Waals surface area (Å²) in [4.78, 5) is 12.8. The number of nitrogens with zero attached hydrogens (tertiary/aromatic N) is 3. The largest absolute Gasteiger partial charge is 0.355 e. The van der Waals surface area contributed by atoms with Crippen molar-refractivity contribution in [2.75, 3.05) is 6.54 Å². The topological polar surface area (TPSA) is 59.3 Å². The van der Waals surface area contributed by atoms with Crippen molar-refractivity contribution in [3.05, 3.63) is 24.3 Å². The van der Waals surface area contributed by atoms with Gasteiger partial charge < -0.3 is 5.32 Å². The number of aromatic nitrogens is 3. The molecule has 0 radical (unpaired) electrons. The van der Waals surface area contributed by atoms with Crippen LogP contribution in [-0.4, -0.2) is 32.3 Å². The molecule has 110 valence electrons. The Bertz CT molecular complexity index is 780. The lowest BCUT2D eigenvalue weighted by molar-refractivity contribution is -0.120. The minimum absolute atomic E-state index is 0.0399. The van der Waals surface area contributed by atoms with E-state index in [-0.39, 0.29) is 11.2 Å². The van der Waals surface area contributed by atoms with Gasteiger partial charge in [0.2, 0.25) is 10.9 Å². The Morgan fingerprint density at radius 1 is 1.43 bits per heavy atom. The highest BCUT2D eigenvalue weighted by atomic mass is 32.2. The highest BCUT2D eigenvalue weighted by Crippen LogP contribution is 2.30. The highest BCUT2D eigenvalue weighted by molar-refractivity contribution is 8.00. The zero-order chi connectivity index (χ0) is 14.8. The smallest absolute Gasteiger partial charge is 0.233 e. The van der Waals surface area contributed by atoms with Crippen LogP contribution in [0.25, 0.3) is 15.2 Å². The molecule has 2 aromatic heterocycles. The van der Waals surface area contributed by atoms with Gasteiger partial charge in [-0.3, -0.25) is 9.20 Å². The van der Waals surface area contributed by atoms with Crippen LogP contribution in [-0.2, 0) is 4.79 Å². The summed E-state index contributed by atoms with van der Waals surface area (Å²) >= 11 is 3.05. The number of carbonyl (C=O) groups is 1. The minimum Gasteiger partial charge on any atom is -0.355 e. The van der Waals surface area contributed by atoms with E-state index >= 15 is 0 Å². The van der Waals surface area contributed by atoms with E-state index < -0.39 is 0 Å². The van der Waals surface area contributed by atoms with Crippen LogP contribution < -0.4 is 5.32 Å². The minimum atomic E-state index is -0.192. The van der Waals surface area contributed by atoms with Gasteiger partial charge >= 0.3 is 0 Å². The van der Waals surface area contributed by atoms with Gasteiger partial charge in [-0.15, -0.1) is 10.2 Å². The summed E-state index contributed by atoms with van der Waals surface area (Å²) in [6.07, 6.45) is 0.938. The number of thiazole rings is 1. The third-order valence-electron chi connectivity index (χ3n) is 3.11. The fourth-order valence-corrected chi connectivity index (χ4v) is 3.94. The number of hydrogen-bond acceptors (Lipinski definition) is 5. The molecule has 5 nitrogen and oxygen atoms in total. The van der Waals surface area contributed by atoms with E-state index in [1.165, 1.54) is 16.5 Å². The molecule has 1 aromatic carbocycles. The summed E-state index contributed by atoms with van der Waals surface area (Å²) in [5.41, 5.74) is 1.09. The van der Waals surface area contributed by atoms with Crippen LogP contribution in [0.2, 0.25) is 0 Å². The van der Waals surface area contributed by atoms with E-state index in [4.69, 9.17) is 0 Å². The molecule has 3 aromatic rings. The average molecular weight is 320 g/mol. The fourth-order valence-electron chi connectivity index (χ4n) is 2.04. The van der Waals surface area contributed by atoms with Crippen LogP contribution in [0.3, 0.4) is 0 Å². The summed E-state index contributed by atoms with van der Waals surface area (Å²) in [5.74, 6) is 0.0399. The Morgan fingerprint density at radius 3 is 3.05 bits per heavy atom. The maximum atomic E-state index is 12.0. The summed E-state index contributed by atoms with van der Waals surface area (Å²) in [5, 5.41) is 11.9. The van der Waals surface area contributed by atoms with Crippen LogP contribution in [0, 0.1) is 0 Å². The van der Waals surface area contributed by atoms with Gasteiger partial charge in [-0.05, 0) is 25.5 Å². The molecule has 0 fully saturated rings. The van der Waals surface area contributed by atoms with Crippen LogP contribution >= 0.6 is 23.1 Å². The summed E-state index contributed by atoms with van der Waals surface area (Å²) in [7, 11) is 0. The summed E-state index contributed by atoms with van der Waals surface area (Å²) < 4.78 is 3.20. The van der Waals surface area contributed by atoms with Crippen molar-refractivity contribution in [3.8, 4) is 0 Å². The van der Waals surface area contributed by atoms with E-state index in [0.29, 0.717) is 6.54 Å². The molecule has 2 heterocycles. The molecular formula is C14H16N4OS2. The number of rotatable bonds is 5. The maximum absolute atomic E-state index is 12.0. The van der Waals surface area contributed by atoms with Gasteiger partial charge in [-0.25, -0.2) is 0 Å². The van der Waals surface area contributed by atoms with E-state index in [9.17, 15) is 4.79 Å². The number of para-hydroxylation sites is 1. The first-order valence-electron chi connectivity index (χ1n) is 6.87. The zero-order valence-corrected chi connectivity index (χ0v) is 13.5. The summed E-state index contributed by atoms with van der Waals surface area (Å²) in [6.45, 7) is 4.64. The van der Waals surface area contributed by atoms with E-state index in [1.807, 2.05) is 36.4 Å². The van der Waals surface area contributed by atoms with Gasteiger partial charge in [0, 0.05) is 6.54 Å². The van der Waals surface area contributed by atoms with Crippen molar-refractivity contribution in [2.45, 2.75) is 30.7 Å². The average Bonchev–Trinajstić information content (AvgIpc) is 3.04. The number of hydrogen-bond donors (Lipinski definition) is 1. The highest BCUT2D eigenvalue weighted by Gasteiger charge is 2.19. The van der Waals surface area contributed by atoms with Gasteiger partial charge in [0.1, 0.15) is 0 Å². The van der Waals surface area contributed by atoms with Gasteiger partial charge in [0.05, 0.1) is 15.5 Å². The molecular weight excluding hydrogens is 304 g/mol. The predicted octanol–water partition coefficient (Wildman–Crippen LogP) is 2.95. The standard InChI is InChI=1S/C14H16N4OS2/c1-3-8-15-12(19)9(2)20-13-16-17-14-18(13)10-6-4-5-7-11(10)21-14/h4-7,9H,3,8H2,1-2H3,(H,15,19). The van der Waals surface area contributed by atoms with E-state index in [0.717, 1.165) is 22.1 Å². The molecule has 1 unspecified atom stereocenters. The first-order chi connectivity index (χ1) is 10.2. The molecule has 0 saturated carbocycles. The zero-order valence-electron chi connectivity index (χ0n) is 11.9. The molecule has 7 heteroatoms. The van der Waals surface area contributed by atoms with Crippen molar-refractivity contribution >= 4 is 44.2 Å². The SMILES string of the molecule is CCCNC(=O)C(C)Sc1nnc2sc3ccccc3n12. The second-order valence-electron chi connectivity index (χ2n) is 4.72. The maximum Gasteiger partial charge on any atom is 0.233 e. The molecule has 21 heavy (non-hydrogen) atoms. The molecule has 0 spiro atoms. The lowest BCUT2D eigenvalue weighted by Gasteiger charge is -2.09. The van der Waals surface area contributed by atoms with Gasteiger partial charge in [-0.2, -0.15) is 0 Å². The molecule has 1 atom stereocenters. The first kappa shape index (κ1) is 14.3. The van der Waals surface area contributed by atoms with Crippen LogP contribution in [0.5, 0.6) is 0 Å². The molecule has 1 N–H and O–H groups in total. The normalized spacial score (nSPS) is 12.9. The van der Waals surface area contributed by atoms with Crippen molar-refractivity contribution < 1.29 is 4.79 Å². The Balaban J connectivity index is 1.88. The molecule has 0 saturated heterocycles. The molecule has 0 bridgehead atoms. The van der Waals surface area contributed by atoms with Gasteiger partial charge in [0.25, 0.3) is 0 Å². The monoisotopic (exact) mass is 320 g/mol. The molecule has 0 aliphatic carbocycles. The third-order valence-corrected chi connectivity index (χ3v) is 5.17. The van der Waals surface area contributed by atoms with Crippen molar-refractivity contribution in [1.29, 1.82) is 0 Å². The second kappa shape index (κ2) is 6.03. The van der Waals surface area contributed by atoms with Gasteiger partial charge in [0.15, 0.2) is 5.16 Å². The number of nitrogens with one attached hydrogen (secondary N) is 1. The second-order valence-corrected chi connectivity index (χ2v) is 7.04. The Morgan fingerprint density at radius 2 is 2.24 bits per heavy atom. The Kier molecular flexibility index (Phi) is 4.12. The fraction of sp³-hybridized carbons (Fsp3) is 0.357. The Hall–Kier alpha value is -1.60. The third kappa shape index (κ3) is 2.75. The van der Waals surface area contributed by atoms with Crippen LogP contribution in [0.15, 0.2) is 29.4 Å². The van der Waals surface area contributed by atoms with Crippen molar-refractivity contribution in [3.63, 3.8) is 0 Å². The van der Waals surface area contributed by atoms with Crippen LogP contribution in [0.1, 0.15) is 20.3 Å². The van der Waals surface area contributed by atoms with Crippen molar-refractivity contribution in [1.82, 2.24) is 19.9 Å². The number of carbonyl (C=O) groups excluding carboxylic acids is 1. The van der Waals surface area contributed by atoms with E-state index in [2.05, 4.69) is 21.6 Å². The lowest BCUT2D eigenvalue weighted by atomic mass is 10.3. The molecule has 1 amide bonds. The quantitative estimate of drug-likeness (QED) is 0.734. The molecule has 0 aliphatic heterocycles. The first-order valence-corrected chi connectivity index (χ1v) is 8.57. The lowest BCUT2D eigenvalue weighted by Crippen LogP contribution is -2.31. The number of amides is 1. The van der Waals surface area contributed by atoms with Crippen LogP contribution in [0.4, 0.5) is 0 Å². The van der Waals surface area contributed by atoms with Crippen molar-refractivity contribution in [2.24, 2.45) is 0 Å². The molecule has 0 aliphatic rings. The van der Waals surface area contributed by atoms with Gasteiger partial charge in [-0.1, -0.05) is 42.2 Å². The van der Waals surface area contributed by atoms with E-state index in [1.54, 1.807) is 11.3 Å². The Labute approximate surface area is 130 Å².